The quantitative estimate of drug-likeness (QED) is 0.414. The van der Waals surface area contributed by atoms with Gasteiger partial charge in [0.05, 0.1) is 6.61 Å². The lowest BCUT2D eigenvalue weighted by molar-refractivity contribution is 0.200. The standard InChI is InChI=1S/C13H25NO/c1-15-12-11-14-10-6-9-13-7-4-2-3-5-8-13/h6,9,13-14H,2-5,7-8,10-12H2,1H3. The van der Waals surface area contributed by atoms with Crippen LogP contribution in [-0.2, 0) is 4.74 Å². The molecule has 88 valence electrons. The highest BCUT2D eigenvalue weighted by atomic mass is 16.5. The van der Waals surface area contributed by atoms with Crippen LogP contribution in [-0.4, -0.2) is 26.8 Å². The average molecular weight is 211 g/mol. The fourth-order valence-electron chi connectivity index (χ4n) is 2.12. The second-order valence-corrected chi connectivity index (χ2v) is 4.38. The summed E-state index contributed by atoms with van der Waals surface area (Å²) >= 11 is 0. The first-order chi connectivity index (χ1) is 7.43. The normalized spacial score (nSPS) is 19.5. The Kier molecular flexibility index (Phi) is 7.58. The van der Waals surface area contributed by atoms with E-state index in [9.17, 15) is 0 Å². The molecule has 0 spiro atoms. The summed E-state index contributed by atoms with van der Waals surface area (Å²) in [7, 11) is 1.74. The van der Waals surface area contributed by atoms with Crippen LogP contribution in [0.25, 0.3) is 0 Å². The van der Waals surface area contributed by atoms with Crippen molar-refractivity contribution in [3.63, 3.8) is 0 Å². The summed E-state index contributed by atoms with van der Waals surface area (Å²) < 4.78 is 4.97. The van der Waals surface area contributed by atoms with Crippen molar-refractivity contribution in [2.75, 3.05) is 26.8 Å². The zero-order valence-corrected chi connectivity index (χ0v) is 10.0. The molecule has 0 unspecified atom stereocenters. The molecule has 15 heavy (non-hydrogen) atoms. The molecule has 1 rings (SSSR count). The van der Waals surface area contributed by atoms with Crippen molar-refractivity contribution in [3.8, 4) is 0 Å². The van der Waals surface area contributed by atoms with Crippen LogP contribution in [0.4, 0.5) is 0 Å². The molecular formula is C13H25NO. The van der Waals surface area contributed by atoms with Gasteiger partial charge < -0.3 is 10.1 Å². The van der Waals surface area contributed by atoms with E-state index in [4.69, 9.17) is 4.74 Å². The van der Waals surface area contributed by atoms with Crippen LogP contribution < -0.4 is 5.32 Å². The molecular weight excluding hydrogens is 186 g/mol. The highest BCUT2D eigenvalue weighted by molar-refractivity contribution is 4.90. The Morgan fingerprint density at radius 3 is 2.60 bits per heavy atom. The topological polar surface area (TPSA) is 21.3 Å². The number of methoxy groups -OCH3 is 1. The first-order valence-electron chi connectivity index (χ1n) is 6.30. The SMILES string of the molecule is COCCNCC=CC1CCCCCC1. The van der Waals surface area contributed by atoms with Gasteiger partial charge in [-0.1, -0.05) is 37.8 Å². The van der Waals surface area contributed by atoms with E-state index in [0.717, 1.165) is 25.6 Å². The summed E-state index contributed by atoms with van der Waals surface area (Å²) in [6.45, 7) is 2.74. The molecule has 1 saturated carbocycles. The average Bonchev–Trinajstić information content (AvgIpc) is 2.52. The zero-order chi connectivity index (χ0) is 10.8. The summed E-state index contributed by atoms with van der Waals surface area (Å²) in [6, 6.07) is 0. The smallest absolute Gasteiger partial charge is 0.0587 e. The number of ether oxygens (including phenoxy) is 1. The van der Waals surface area contributed by atoms with Crippen molar-refractivity contribution in [2.24, 2.45) is 5.92 Å². The number of hydrogen-bond donors (Lipinski definition) is 1. The maximum Gasteiger partial charge on any atom is 0.0587 e. The monoisotopic (exact) mass is 211 g/mol. The second kappa shape index (κ2) is 8.93. The molecule has 1 aliphatic rings. The van der Waals surface area contributed by atoms with Crippen LogP contribution in [0.3, 0.4) is 0 Å². The first-order valence-corrected chi connectivity index (χ1v) is 6.30. The van der Waals surface area contributed by atoms with E-state index in [1.54, 1.807) is 7.11 Å². The fraction of sp³-hybridized carbons (Fsp3) is 0.846. The fourth-order valence-corrected chi connectivity index (χ4v) is 2.12. The van der Waals surface area contributed by atoms with Crippen LogP contribution in [0.5, 0.6) is 0 Å². The van der Waals surface area contributed by atoms with Crippen LogP contribution in [0.1, 0.15) is 38.5 Å². The van der Waals surface area contributed by atoms with Gasteiger partial charge in [-0.15, -0.1) is 0 Å². The summed E-state index contributed by atoms with van der Waals surface area (Å²) in [6.07, 6.45) is 13.2. The van der Waals surface area contributed by atoms with E-state index < -0.39 is 0 Å². The van der Waals surface area contributed by atoms with Crippen molar-refractivity contribution in [1.82, 2.24) is 5.32 Å². The molecule has 0 saturated heterocycles. The van der Waals surface area contributed by atoms with Crippen LogP contribution in [0, 0.1) is 5.92 Å². The Morgan fingerprint density at radius 1 is 1.20 bits per heavy atom. The van der Waals surface area contributed by atoms with E-state index in [2.05, 4.69) is 17.5 Å². The van der Waals surface area contributed by atoms with Crippen molar-refractivity contribution in [3.05, 3.63) is 12.2 Å². The predicted octanol–water partition coefficient (Wildman–Crippen LogP) is 2.75. The third-order valence-corrected chi connectivity index (χ3v) is 3.05. The van der Waals surface area contributed by atoms with Gasteiger partial charge in [0.15, 0.2) is 0 Å². The molecule has 1 aliphatic carbocycles. The van der Waals surface area contributed by atoms with Crippen LogP contribution >= 0.6 is 0 Å². The van der Waals surface area contributed by atoms with Gasteiger partial charge >= 0.3 is 0 Å². The zero-order valence-electron chi connectivity index (χ0n) is 10.0. The Balaban J connectivity index is 2.02. The number of hydrogen-bond acceptors (Lipinski definition) is 2. The van der Waals surface area contributed by atoms with Gasteiger partial charge in [-0.2, -0.15) is 0 Å². The molecule has 0 atom stereocenters. The maximum absolute atomic E-state index is 4.97. The van der Waals surface area contributed by atoms with Gasteiger partial charge in [-0.3, -0.25) is 0 Å². The Labute approximate surface area is 94.1 Å². The molecule has 0 radical (unpaired) electrons. The molecule has 2 heteroatoms. The molecule has 0 bridgehead atoms. The highest BCUT2D eigenvalue weighted by Gasteiger charge is 2.07. The molecule has 0 aromatic rings. The Morgan fingerprint density at radius 2 is 1.93 bits per heavy atom. The van der Waals surface area contributed by atoms with Crippen molar-refractivity contribution >= 4 is 0 Å². The second-order valence-electron chi connectivity index (χ2n) is 4.38. The Bertz CT molecular complexity index is 160. The molecule has 0 heterocycles. The molecule has 0 aromatic carbocycles. The molecule has 0 aromatic heterocycles. The van der Waals surface area contributed by atoms with Crippen molar-refractivity contribution < 1.29 is 4.74 Å². The van der Waals surface area contributed by atoms with Gasteiger partial charge in [0.2, 0.25) is 0 Å². The highest BCUT2D eigenvalue weighted by Crippen LogP contribution is 2.23. The summed E-state index contributed by atoms with van der Waals surface area (Å²) in [4.78, 5) is 0. The first kappa shape index (κ1) is 12.7. The molecule has 0 aliphatic heterocycles. The van der Waals surface area contributed by atoms with E-state index in [0.29, 0.717) is 0 Å². The third kappa shape index (κ3) is 6.69. The maximum atomic E-state index is 4.97. The van der Waals surface area contributed by atoms with Gasteiger partial charge in [0.25, 0.3) is 0 Å². The lowest BCUT2D eigenvalue weighted by Crippen LogP contribution is -2.19. The minimum Gasteiger partial charge on any atom is -0.383 e. The van der Waals surface area contributed by atoms with Crippen molar-refractivity contribution in [2.45, 2.75) is 38.5 Å². The van der Waals surface area contributed by atoms with Gasteiger partial charge in [0.1, 0.15) is 0 Å². The third-order valence-electron chi connectivity index (χ3n) is 3.05. The predicted molar refractivity (Wildman–Crippen MR) is 65.1 cm³/mol. The van der Waals surface area contributed by atoms with Crippen molar-refractivity contribution in [1.29, 1.82) is 0 Å². The summed E-state index contributed by atoms with van der Waals surface area (Å²) in [5.74, 6) is 0.844. The minimum atomic E-state index is 0.803. The van der Waals surface area contributed by atoms with Gasteiger partial charge in [0, 0.05) is 20.2 Å². The van der Waals surface area contributed by atoms with Crippen LogP contribution in [0.15, 0.2) is 12.2 Å². The summed E-state index contributed by atoms with van der Waals surface area (Å²) in [5.41, 5.74) is 0. The number of nitrogens with one attached hydrogen (secondary N) is 1. The van der Waals surface area contributed by atoms with Crippen LogP contribution in [0.2, 0.25) is 0 Å². The van der Waals surface area contributed by atoms with Gasteiger partial charge in [-0.25, -0.2) is 0 Å². The lowest BCUT2D eigenvalue weighted by atomic mass is 10.00. The lowest BCUT2D eigenvalue weighted by Gasteiger charge is -2.07. The molecule has 1 N–H and O–H groups in total. The van der Waals surface area contributed by atoms with E-state index in [-0.39, 0.29) is 0 Å². The number of rotatable bonds is 6. The molecule has 0 amide bonds. The summed E-state index contributed by atoms with van der Waals surface area (Å²) in [5, 5.41) is 3.33. The van der Waals surface area contributed by atoms with E-state index in [1.807, 2.05) is 0 Å². The number of allylic oxidation sites excluding steroid dienone is 1. The van der Waals surface area contributed by atoms with E-state index in [1.165, 1.54) is 38.5 Å². The Hall–Kier alpha value is -0.340. The molecule has 2 nitrogen and oxygen atoms in total. The largest absolute Gasteiger partial charge is 0.383 e. The minimum absolute atomic E-state index is 0.803. The van der Waals surface area contributed by atoms with E-state index >= 15 is 0 Å². The molecule has 1 fully saturated rings. The van der Waals surface area contributed by atoms with Gasteiger partial charge in [-0.05, 0) is 18.8 Å².